The van der Waals surface area contributed by atoms with Crippen LogP contribution in [-0.2, 0) is 0 Å². The number of hydrogen-bond acceptors (Lipinski definition) is 3. The summed E-state index contributed by atoms with van der Waals surface area (Å²) in [4.78, 5) is 32.4. The molecule has 0 spiro atoms. The van der Waals surface area contributed by atoms with E-state index in [-0.39, 0.29) is 0 Å². The zero-order valence-corrected chi connectivity index (χ0v) is 14.3. The summed E-state index contributed by atoms with van der Waals surface area (Å²) in [6.45, 7) is 2.02. The molecule has 2 heterocycles. The number of hydrogen-bond donors (Lipinski definition) is 3. The van der Waals surface area contributed by atoms with E-state index in [0.29, 0.717) is 11.0 Å². The Bertz CT molecular complexity index is 1200. The maximum atomic E-state index is 12.5. The predicted molar refractivity (Wildman–Crippen MR) is 102 cm³/mol. The molecule has 0 aliphatic rings. The van der Waals surface area contributed by atoms with E-state index in [2.05, 4.69) is 15.0 Å². The summed E-state index contributed by atoms with van der Waals surface area (Å²) in [7, 11) is 1.61. The molecule has 0 radical (unpaired) electrons. The lowest BCUT2D eigenvalue weighted by molar-refractivity contribution is 0.415. The zero-order valence-electron chi connectivity index (χ0n) is 14.3. The third-order valence-electron chi connectivity index (χ3n) is 4.41. The van der Waals surface area contributed by atoms with Crippen molar-refractivity contribution in [1.82, 2.24) is 15.0 Å². The summed E-state index contributed by atoms with van der Waals surface area (Å²) in [5, 5.41) is 0.422. The fourth-order valence-electron chi connectivity index (χ4n) is 3.11. The fraction of sp³-hybridized carbons (Fsp3) is 0.100. The molecular formula is C20H17N3O3. The number of fused-ring (bicyclic) bond motifs is 1. The predicted octanol–water partition coefficient (Wildman–Crippen LogP) is 3.20. The Hall–Kier alpha value is -3.54. The number of nitrogens with one attached hydrogen (secondary N) is 3. The minimum atomic E-state index is -0.541. The fourth-order valence-corrected chi connectivity index (χ4v) is 3.11. The van der Waals surface area contributed by atoms with Crippen LogP contribution in [0.1, 0.15) is 5.56 Å². The van der Waals surface area contributed by atoms with Crippen molar-refractivity contribution in [2.75, 3.05) is 7.11 Å². The Morgan fingerprint density at radius 1 is 0.808 bits per heavy atom. The summed E-state index contributed by atoms with van der Waals surface area (Å²) < 4.78 is 5.22. The Labute approximate surface area is 148 Å². The lowest BCUT2D eigenvalue weighted by atomic mass is 9.98. The summed E-state index contributed by atoms with van der Waals surface area (Å²) >= 11 is 0. The molecule has 0 fully saturated rings. The van der Waals surface area contributed by atoms with E-state index in [1.165, 1.54) is 0 Å². The molecule has 3 N–H and O–H groups in total. The molecule has 0 atom stereocenters. The van der Waals surface area contributed by atoms with Crippen molar-refractivity contribution in [2.45, 2.75) is 6.92 Å². The second kappa shape index (κ2) is 6.07. The molecule has 0 bridgehead atoms. The topological polar surface area (TPSA) is 90.7 Å². The molecule has 26 heavy (non-hydrogen) atoms. The number of aromatic nitrogens is 3. The van der Waals surface area contributed by atoms with Gasteiger partial charge in [0.25, 0.3) is 5.56 Å². The molecule has 0 saturated carbocycles. The molecule has 0 aliphatic heterocycles. The van der Waals surface area contributed by atoms with Gasteiger partial charge in [-0.2, -0.15) is 0 Å². The van der Waals surface area contributed by atoms with Crippen molar-refractivity contribution in [3.8, 4) is 28.1 Å². The van der Waals surface area contributed by atoms with Gasteiger partial charge in [-0.1, -0.05) is 42.0 Å². The highest BCUT2D eigenvalue weighted by atomic mass is 16.5. The number of aryl methyl sites for hydroxylation is 1. The van der Waals surface area contributed by atoms with Crippen LogP contribution in [0.25, 0.3) is 33.4 Å². The number of methoxy groups -OCH3 is 1. The van der Waals surface area contributed by atoms with Crippen LogP contribution in [0.4, 0.5) is 0 Å². The molecule has 4 aromatic rings. The molecule has 6 heteroatoms. The van der Waals surface area contributed by atoms with Crippen LogP contribution in [0.5, 0.6) is 5.75 Å². The third kappa shape index (κ3) is 2.61. The molecule has 6 nitrogen and oxygen atoms in total. The van der Waals surface area contributed by atoms with Gasteiger partial charge in [0.1, 0.15) is 11.4 Å². The summed E-state index contributed by atoms with van der Waals surface area (Å²) in [5.41, 5.74) is 3.87. The van der Waals surface area contributed by atoms with Crippen LogP contribution in [0.3, 0.4) is 0 Å². The minimum Gasteiger partial charge on any atom is -0.497 e. The average Bonchev–Trinajstić information content (AvgIpc) is 3.02. The summed E-state index contributed by atoms with van der Waals surface area (Å²) in [5.74, 6) is 0.729. The highest BCUT2D eigenvalue weighted by molar-refractivity contribution is 6.01. The first-order valence-corrected chi connectivity index (χ1v) is 8.16. The maximum absolute atomic E-state index is 12.5. The van der Waals surface area contributed by atoms with Crippen LogP contribution in [0.2, 0.25) is 0 Å². The van der Waals surface area contributed by atoms with Gasteiger partial charge in [-0.05, 0) is 30.2 Å². The van der Waals surface area contributed by atoms with E-state index < -0.39 is 11.2 Å². The summed E-state index contributed by atoms with van der Waals surface area (Å²) in [6, 6.07) is 15.4. The van der Waals surface area contributed by atoms with E-state index in [1.54, 1.807) is 7.11 Å². The van der Waals surface area contributed by atoms with Crippen LogP contribution < -0.4 is 16.0 Å². The SMILES string of the molecule is COc1ccc(-c2c(-c3ccc(C)cc3)[nH]c3[nH]c(=O)[nH]c(=O)c23)cc1. The second-order valence-electron chi connectivity index (χ2n) is 6.13. The molecule has 0 unspecified atom stereocenters. The molecule has 0 aliphatic carbocycles. The minimum absolute atomic E-state index is 0.403. The Kier molecular flexibility index (Phi) is 3.73. The molecule has 0 saturated heterocycles. The highest BCUT2D eigenvalue weighted by Crippen LogP contribution is 2.36. The van der Waals surface area contributed by atoms with Gasteiger partial charge in [-0.3, -0.25) is 14.8 Å². The zero-order chi connectivity index (χ0) is 18.3. The van der Waals surface area contributed by atoms with Gasteiger partial charge in [0.05, 0.1) is 18.2 Å². The van der Waals surface area contributed by atoms with Gasteiger partial charge in [0.2, 0.25) is 0 Å². The second-order valence-corrected chi connectivity index (χ2v) is 6.13. The first-order valence-electron chi connectivity index (χ1n) is 8.16. The maximum Gasteiger partial charge on any atom is 0.327 e. The van der Waals surface area contributed by atoms with Crippen molar-refractivity contribution in [3.05, 3.63) is 74.9 Å². The van der Waals surface area contributed by atoms with Gasteiger partial charge in [-0.25, -0.2) is 4.79 Å². The lowest BCUT2D eigenvalue weighted by Crippen LogP contribution is -2.21. The number of H-pyrrole nitrogens is 3. The van der Waals surface area contributed by atoms with Crippen molar-refractivity contribution >= 4 is 11.0 Å². The number of benzene rings is 2. The molecule has 130 valence electrons. The van der Waals surface area contributed by atoms with Crippen LogP contribution in [-0.4, -0.2) is 22.1 Å². The van der Waals surface area contributed by atoms with Crippen molar-refractivity contribution in [3.63, 3.8) is 0 Å². The highest BCUT2D eigenvalue weighted by Gasteiger charge is 2.18. The van der Waals surface area contributed by atoms with Crippen LogP contribution in [0, 0.1) is 6.92 Å². The molecule has 4 rings (SSSR count). The van der Waals surface area contributed by atoms with E-state index in [1.807, 2.05) is 55.5 Å². The monoisotopic (exact) mass is 347 g/mol. The Morgan fingerprint density at radius 2 is 1.46 bits per heavy atom. The first kappa shape index (κ1) is 16.0. The smallest absolute Gasteiger partial charge is 0.327 e. The van der Waals surface area contributed by atoms with Crippen molar-refractivity contribution in [1.29, 1.82) is 0 Å². The Balaban J connectivity index is 2.07. The average molecular weight is 347 g/mol. The van der Waals surface area contributed by atoms with Gasteiger partial charge in [0, 0.05) is 5.56 Å². The number of rotatable bonds is 3. The standard InChI is InChI=1S/C20H17N3O3/c1-11-3-5-13(6-4-11)17-15(12-7-9-14(26-2)10-8-12)16-18(21-17)22-20(25)23-19(16)24/h3-10H,1-2H3,(H3,21,22,23,24,25). The molecular weight excluding hydrogens is 330 g/mol. The van der Waals surface area contributed by atoms with E-state index in [4.69, 9.17) is 4.74 Å². The van der Waals surface area contributed by atoms with Gasteiger partial charge in [0.15, 0.2) is 0 Å². The number of ether oxygens (including phenoxy) is 1. The molecule has 2 aromatic heterocycles. The van der Waals surface area contributed by atoms with Crippen LogP contribution in [0.15, 0.2) is 58.1 Å². The first-order chi connectivity index (χ1) is 12.6. The quantitative estimate of drug-likeness (QED) is 0.531. The molecule has 0 amide bonds. The van der Waals surface area contributed by atoms with E-state index in [0.717, 1.165) is 33.7 Å². The van der Waals surface area contributed by atoms with Crippen molar-refractivity contribution < 1.29 is 4.74 Å². The van der Waals surface area contributed by atoms with Crippen molar-refractivity contribution in [2.24, 2.45) is 0 Å². The van der Waals surface area contributed by atoms with Crippen LogP contribution >= 0.6 is 0 Å². The normalized spacial score (nSPS) is 11.0. The van der Waals surface area contributed by atoms with Gasteiger partial charge in [-0.15, -0.1) is 0 Å². The molecule has 2 aromatic carbocycles. The largest absolute Gasteiger partial charge is 0.497 e. The summed E-state index contributed by atoms with van der Waals surface area (Å²) in [6.07, 6.45) is 0. The van der Waals surface area contributed by atoms with Gasteiger partial charge >= 0.3 is 5.69 Å². The lowest BCUT2D eigenvalue weighted by Gasteiger charge is -2.07. The van der Waals surface area contributed by atoms with Gasteiger partial charge < -0.3 is 9.72 Å². The van der Waals surface area contributed by atoms with E-state index >= 15 is 0 Å². The Morgan fingerprint density at radius 3 is 2.12 bits per heavy atom. The van der Waals surface area contributed by atoms with E-state index in [9.17, 15) is 9.59 Å². The third-order valence-corrected chi connectivity index (χ3v) is 4.41. The number of aromatic amines is 3.